The number of halogens is 2. The van der Waals surface area contributed by atoms with E-state index in [9.17, 15) is 8.78 Å². The molecule has 0 radical (unpaired) electrons. The molecule has 3 N–H and O–H groups in total. The molecule has 0 aliphatic heterocycles. The lowest BCUT2D eigenvalue weighted by Gasteiger charge is -2.18. The van der Waals surface area contributed by atoms with Gasteiger partial charge in [0, 0.05) is 5.56 Å². The van der Waals surface area contributed by atoms with Gasteiger partial charge in [0.15, 0.2) is 0 Å². The summed E-state index contributed by atoms with van der Waals surface area (Å²) < 4.78 is 30.8. The number of rotatable bonds is 6. The van der Waals surface area contributed by atoms with Crippen molar-refractivity contribution in [1.82, 2.24) is 5.43 Å². The maximum absolute atomic E-state index is 12.7. The van der Waals surface area contributed by atoms with E-state index in [1.807, 2.05) is 6.92 Å². The summed E-state index contributed by atoms with van der Waals surface area (Å²) in [5.41, 5.74) is 2.49. The monoisotopic (exact) mass is 230 g/mol. The van der Waals surface area contributed by atoms with Crippen LogP contribution in [0.15, 0.2) is 24.3 Å². The van der Waals surface area contributed by atoms with Crippen LogP contribution in [0.1, 0.15) is 24.9 Å². The lowest BCUT2D eigenvalue weighted by molar-refractivity contribution is 0.0968. The molecule has 5 heteroatoms. The second-order valence-electron chi connectivity index (χ2n) is 3.37. The van der Waals surface area contributed by atoms with Crippen molar-refractivity contribution in [3.05, 3.63) is 29.8 Å². The summed E-state index contributed by atoms with van der Waals surface area (Å²) in [6.45, 7) is 2.45. The van der Waals surface area contributed by atoms with Crippen LogP contribution in [-0.4, -0.2) is 13.0 Å². The van der Waals surface area contributed by atoms with Gasteiger partial charge in [-0.1, -0.05) is 25.1 Å². The SMILES string of the molecule is CCCOc1ccccc1C(NN)C(F)F. The van der Waals surface area contributed by atoms with E-state index in [-0.39, 0.29) is 0 Å². The molecule has 0 bridgehead atoms. The van der Waals surface area contributed by atoms with Gasteiger partial charge in [0.25, 0.3) is 6.43 Å². The quantitative estimate of drug-likeness (QED) is 0.582. The fourth-order valence-electron chi connectivity index (χ4n) is 1.38. The zero-order valence-electron chi connectivity index (χ0n) is 9.12. The standard InChI is InChI=1S/C11H16F2N2O/c1-2-7-16-9-6-4-3-5-8(9)10(15-14)11(12)13/h3-6,10-11,15H,2,7,14H2,1H3. The van der Waals surface area contributed by atoms with E-state index in [1.54, 1.807) is 24.3 Å². The van der Waals surface area contributed by atoms with Crippen LogP contribution in [0.4, 0.5) is 8.78 Å². The van der Waals surface area contributed by atoms with Gasteiger partial charge in [0.05, 0.1) is 6.61 Å². The van der Waals surface area contributed by atoms with Crippen LogP contribution in [0.3, 0.4) is 0 Å². The Morgan fingerprint density at radius 1 is 1.38 bits per heavy atom. The van der Waals surface area contributed by atoms with Crippen LogP contribution in [0.5, 0.6) is 5.75 Å². The molecule has 0 amide bonds. The second-order valence-corrected chi connectivity index (χ2v) is 3.37. The highest BCUT2D eigenvalue weighted by atomic mass is 19.3. The highest BCUT2D eigenvalue weighted by molar-refractivity contribution is 5.36. The molecule has 0 aliphatic rings. The number of nitrogens with one attached hydrogen (secondary N) is 1. The van der Waals surface area contributed by atoms with Crippen LogP contribution in [0.25, 0.3) is 0 Å². The number of ether oxygens (including phenoxy) is 1. The minimum Gasteiger partial charge on any atom is -0.493 e. The van der Waals surface area contributed by atoms with Gasteiger partial charge in [-0.15, -0.1) is 0 Å². The summed E-state index contributed by atoms with van der Waals surface area (Å²) in [6.07, 6.45) is -1.75. The van der Waals surface area contributed by atoms with Gasteiger partial charge in [0.1, 0.15) is 11.8 Å². The van der Waals surface area contributed by atoms with Crippen molar-refractivity contribution < 1.29 is 13.5 Å². The first-order valence-corrected chi connectivity index (χ1v) is 5.16. The van der Waals surface area contributed by atoms with Crippen molar-refractivity contribution in [2.45, 2.75) is 25.8 Å². The molecule has 1 atom stereocenters. The van der Waals surface area contributed by atoms with E-state index in [0.29, 0.717) is 17.9 Å². The van der Waals surface area contributed by atoms with Crippen LogP contribution in [0.2, 0.25) is 0 Å². The largest absolute Gasteiger partial charge is 0.493 e. The van der Waals surface area contributed by atoms with Gasteiger partial charge in [-0.2, -0.15) is 0 Å². The third-order valence-corrected chi connectivity index (χ3v) is 2.15. The van der Waals surface area contributed by atoms with Gasteiger partial charge in [0.2, 0.25) is 0 Å². The van der Waals surface area contributed by atoms with E-state index in [1.165, 1.54) is 0 Å². The third kappa shape index (κ3) is 3.15. The van der Waals surface area contributed by atoms with Gasteiger partial charge >= 0.3 is 0 Å². The first-order valence-electron chi connectivity index (χ1n) is 5.16. The second kappa shape index (κ2) is 6.40. The molecule has 1 rings (SSSR count). The number of benzene rings is 1. The molecular weight excluding hydrogens is 214 g/mol. The molecule has 1 aromatic rings. The van der Waals surface area contributed by atoms with E-state index in [4.69, 9.17) is 10.6 Å². The lowest BCUT2D eigenvalue weighted by Crippen LogP contribution is -2.33. The molecule has 1 unspecified atom stereocenters. The number of hydrazine groups is 1. The fraction of sp³-hybridized carbons (Fsp3) is 0.455. The van der Waals surface area contributed by atoms with Crippen LogP contribution >= 0.6 is 0 Å². The number of hydrogen-bond acceptors (Lipinski definition) is 3. The summed E-state index contributed by atoms with van der Waals surface area (Å²) in [6, 6.07) is 5.47. The van der Waals surface area contributed by atoms with Crippen LogP contribution in [0, 0.1) is 0 Å². The smallest absolute Gasteiger partial charge is 0.259 e. The Kier molecular flexibility index (Phi) is 5.14. The maximum atomic E-state index is 12.7. The molecule has 0 heterocycles. The Morgan fingerprint density at radius 2 is 2.06 bits per heavy atom. The number of nitrogens with two attached hydrogens (primary N) is 1. The average molecular weight is 230 g/mol. The van der Waals surface area contributed by atoms with Gasteiger partial charge in [-0.05, 0) is 12.5 Å². The van der Waals surface area contributed by atoms with E-state index < -0.39 is 12.5 Å². The predicted octanol–water partition coefficient (Wildman–Crippen LogP) is 2.24. The molecule has 90 valence electrons. The Labute approximate surface area is 93.6 Å². The van der Waals surface area contributed by atoms with Gasteiger partial charge in [-0.3, -0.25) is 5.84 Å². The highest BCUT2D eigenvalue weighted by Gasteiger charge is 2.23. The van der Waals surface area contributed by atoms with Crippen molar-refractivity contribution in [2.75, 3.05) is 6.61 Å². The van der Waals surface area contributed by atoms with Crippen molar-refractivity contribution in [3.8, 4) is 5.75 Å². The van der Waals surface area contributed by atoms with Crippen molar-refractivity contribution >= 4 is 0 Å². The first-order chi connectivity index (χ1) is 7.70. The first kappa shape index (κ1) is 12.9. The Bertz CT molecular complexity index is 321. The topological polar surface area (TPSA) is 47.3 Å². The Balaban J connectivity index is 2.91. The molecule has 0 aliphatic carbocycles. The molecule has 0 saturated heterocycles. The van der Waals surface area contributed by atoms with Crippen molar-refractivity contribution in [1.29, 1.82) is 0 Å². The van der Waals surface area contributed by atoms with Crippen LogP contribution < -0.4 is 16.0 Å². The van der Waals surface area contributed by atoms with Crippen LogP contribution in [-0.2, 0) is 0 Å². The molecule has 16 heavy (non-hydrogen) atoms. The normalized spacial score (nSPS) is 12.8. The number of para-hydroxylation sites is 1. The summed E-state index contributed by atoms with van der Waals surface area (Å²) in [7, 11) is 0. The van der Waals surface area contributed by atoms with E-state index >= 15 is 0 Å². The van der Waals surface area contributed by atoms with Crippen molar-refractivity contribution in [3.63, 3.8) is 0 Å². The molecule has 0 saturated carbocycles. The molecule has 0 fully saturated rings. The highest BCUT2D eigenvalue weighted by Crippen LogP contribution is 2.28. The molecular formula is C11H16F2N2O. The van der Waals surface area contributed by atoms with Crippen molar-refractivity contribution in [2.24, 2.45) is 5.84 Å². The van der Waals surface area contributed by atoms with E-state index in [0.717, 1.165) is 6.42 Å². The van der Waals surface area contributed by atoms with Gasteiger partial charge in [-0.25, -0.2) is 14.2 Å². The maximum Gasteiger partial charge on any atom is 0.259 e. The molecule has 3 nitrogen and oxygen atoms in total. The van der Waals surface area contributed by atoms with Gasteiger partial charge < -0.3 is 4.74 Å². The molecule has 0 spiro atoms. The summed E-state index contributed by atoms with van der Waals surface area (Å²) in [5, 5.41) is 0. The summed E-state index contributed by atoms with van der Waals surface area (Å²) in [4.78, 5) is 0. The zero-order valence-corrected chi connectivity index (χ0v) is 9.12. The summed E-state index contributed by atoms with van der Waals surface area (Å²) in [5.74, 6) is 5.57. The predicted molar refractivity (Wildman–Crippen MR) is 58.3 cm³/mol. The average Bonchev–Trinajstić information content (AvgIpc) is 2.28. The minimum atomic E-state index is -2.57. The number of alkyl halides is 2. The minimum absolute atomic E-state index is 0.383. The third-order valence-electron chi connectivity index (χ3n) is 2.15. The Morgan fingerprint density at radius 3 is 2.62 bits per heavy atom. The zero-order chi connectivity index (χ0) is 12.0. The Hall–Kier alpha value is -1.20. The lowest BCUT2D eigenvalue weighted by atomic mass is 10.1. The number of hydrogen-bond donors (Lipinski definition) is 2. The molecule has 0 aromatic heterocycles. The van der Waals surface area contributed by atoms with E-state index in [2.05, 4.69) is 5.43 Å². The summed E-state index contributed by atoms with van der Waals surface area (Å²) >= 11 is 0. The fourth-order valence-corrected chi connectivity index (χ4v) is 1.38. The molecule has 1 aromatic carbocycles.